The van der Waals surface area contributed by atoms with E-state index in [1.807, 2.05) is 31.2 Å². The fourth-order valence-electron chi connectivity index (χ4n) is 1.47. The number of carbonyl (C=O) groups is 1. The molecule has 0 aliphatic rings. The molecule has 0 amide bonds. The van der Waals surface area contributed by atoms with E-state index in [0.29, 0.717) is 11.4 Å². The van der Waals surface area contributed by atoms with E-state index >= 15 is 0 Å². The van der Waals surface area contributed by atoms with Crippen LogP contribution in [0.2, 0.25) is 0 Å². The molecular formula is C14H13NO2. The zero-order valence-corrected chi connectivity index (χ0v) is 9.81. The number of ketones is 1. The Morgan fingerprint density at radius 1 is 1.24 bits per heavy atom. The predicted molar refractivity (Wildman–Crippen MR) is 65.5 cm³/mol. The Hall–Kier alpha value is -2.16. The Morgan fingerprint density at radius 3 is 2.71 bits per heavy atom. The van der Waals surface area contributed by atoms with Gasteiger partial charge in [-0.1, -0.05) is 18.2 Å². The van der Waals surface area contributed by atoms with Crippen LogP contribution in [0.25, 0.3) is 0 Å². The van der Waals surface area contributed by atoms with Crippen molar-refractivity contribution >= 4 is 5.78 Å². The Morgan fingerprint density at radius 2 is 2.00 bits per heavy atom. The topological polar surface area (TPSA) is 39.2 Å². The Labute approximate surface area is 100 Å². The molecule has 0 unspecified atom stereocenters. The minimum Gasteiger partial charge on any atom is -0.439 e. The number of Topliss-reactive ketones (excluding diaryl/α,β-unsaturated/α-hetero) is 1. The van der Waals surface area contributed by atoms with Gasteiger partial charge in [0.1, 0.15) is 5.75 Å². The van der Waals surface area contributed by atoms with Crippen molar-refractivity contribution in [2.24, 2.45) is 0 Å². The van der Waals surface area contributed by atoms with Gasteiger partial charge < -0.3 is 4.74 Å². The van der Waals surface area contributed by atoms with Gasteiger partial charge in [0.05, 0.1) is 0 Å². The SMILES string of the molecule is CC(=O)c1ccnc(Oc2ccccc2C)c1. The average molecular weight is 227 g/mol. The van der Waals surface area contributed by atoms with Gasteiger partial charge in [-0.25, -0.2) is 4.98 Å². The second-order valence-electron chi connectivity index (χ2n) is 3.81. The number of aryl methyl sites for hydroxylation is 1. The molecule has 0 N–H and O–H groups in total. The van der Waals surface area contributed by atoms with E-state index in [1.54, 1.807) is 18.3 Å². The number of para-hydroxylation sites is 1. The van der Waals surface area contributed by atoms with Gasteiger partial charge in [0.15, 0.2) is 5.78 Å². The molecule has 0 aliphatic heterocycles. The fraction of sp³-hybridized carbons (Fsp3) is 0.143. The largest absolute Gasteiger partial charge is 0.439 e. The van der Waals surface area contributed by atoms with Gasteiger partial charge in [0.25, 0.3) is 0 Å². The molecule has 0 atom stereocenters. The van der Waals surface area contributed by atoms with Crippen LogP contribution in [0.5, 0.6) is 11.6 Å². The third-order valence-electron chi connectivity index (χ3n) is 2.45. The van der Waals surface area contributed by atoms with Crippen LogP contribution in [0, 0.1) is 6.92 Å². The summed E-state index contributed by atoms with van der Waals surface area (Å²) in [6.45, 7) is 3.48. The zero-order chi connectivity index (χ0) is 12.3. The smallest absolute Gasteiger partial charge is 0.219 e. The Balaban J connectivity index is 2.28. The van der Waals surface area contributed by atoms with E-state index in [0.717, 1.165) is 11.3 Å². The van der Waals surface area contributed by atoms with Crippen molar-refractivity contribution in [2.75, 3.05) is 0 Å². The summed E-state index contributed by atoms with van der Waals surface area (Å²) >= 11 is 0. The maximum absolute atomic E-state index is 11.2. The first-order valence-corrected chi connectivity index (χ1v) is 5.37. The van der Waals surface area contributed by atoms with Crippen LogP contribution >= 0.6 is 0 Å². The molecule has 0 radical (unpaired) electrons. The van der Waals surface area contributed by atoms with Gasteiger partial charge in [-0.3, -0.25) is 4.79 Å². The molecule has 0 aliphatic carbocycles. The number of aromatic nitrogens is 1. The maximum atomic E-state index is 11.2. The molecule has 0 saturated heterocycles. The molecule has 0 fully saturated rings. The quantitative estimate of drug-likeness (QED) is 0.754. The van der Waals surface area contributed by atoms with Crippen LogP contribution in [0.15, 0.2) is 42.6 Å². The van der Waals surface area contributed by atoms with Crippen molar-refractivity contribution in [3.05, 3.63) is 53.7 Å². The number of hydrogen-bond donors (Lipinski definition) is 0. The third-order valence-corrected chi connectivity index (χ3v) is 2.45. The summed E-state index contributed by atoms with van der Waals surface area (Å²) in [6, 6.07) is 11.0. The van der Waals surface area contributed by atoms with Crippen molar-refractivity contribution in [1.29, 1.82) is 0 Å². The van der Waals surface area contributed by atoms with Crippen molar-refractivity contribution in [3.63, 3.8) is 0 Å². The molecule has 86 valence electrons. The van der Waals surface area contributed by atoms with E-state index in [2.05, 4.69) is 4.98 Å². The van der Waals surface area contributed by atoms with Crippen molar-refractivity contribution in [3.8, 4) is 11.6 Å². The van der Waals surface area contributed by atoms with Crippen molar-refractivity contribution in [1.82, 2.24) is 4.98 Å². The molecule has 3 heteroatoms. The lowest BCUT2D eigenvalue weighted by Gasteiger charge is -2.07. The highest BCUT2D eigenvalue weighted by Crippen LogP contribution is 2.23. The van der Waals surface area contributed by atoms with Gasteiger partial charge in [0, 0.05) is 17.8 Å². The number of benzene rings is 1. The lowest BCUT2D eigenvalue weighted by atomic mass is 10.2. The van der Waals surface area contributed by atoms with Crippen LogP contribution < -0.4 is 4.74 Å². The minimum atomic E-state index is 0.00188. The molecule has 3 nitrogen and oxygen atoms in total. The monoisotopic (exact) mass is 227 g/mol. The normalized spacial score (nSPS) is 10.0. The maximum Gasteiger partial charge on any atom is 0.219 e. The Bertz CT molecular complexity index is 549. The van der Waals surface area contributed by atoms with Crippen LogP contribution in [0.1, 0.15) is 22.8 Å². The highest BCUT2D eigenvalue weighted by molar-refractivity contribution is 5.94. The second kappa shape index (κ2) is 4.78. The number of nitrogens with zero attached hydrogens (tertiary/aromatic N) is 1. The first-order chi connectivity index (χ1) is 8.16. The number of carbonyl (C=O) groups excluding carboxylic acids is 1. The first-order valence-electron chi connectivity index (χ1n) is 5.37. The van der Waals surface area contributed by atoms with E-state index in [9.17, 15) is 4.79 Å². The summed E-state index contributed by atoms with van der Waals surface area (Å²) < 4.78 is 5.64. The second-order valence-corrected chi connectivity index (χ2v) is 3.81. The van der Waals surface area contributed by atoms with Gasteiger partial charge >= 0.3 is 0 Å². The van der Waals surface area contributed by atoms with Crippen LogP contribution in [-0.4, -0.2) is 10.8 Å². The number of hydrogen-bond acceptors (Lipinski definition) is 3. The highest BCUT2D eigenvalue weighted by atomic mass is 16.5. The summed E-state index contributed by atoms with van der Waals surface area (Å²) in [5, 5.41) is 0. The number of rotatable bonds is 3. The highest BCUT2D eigenvalue weighted by Gasteiger charge is 2.04. The summed E-state index contributed by atoms with van der Waals surface area (Å²) in [5.74, 6) is 1.19. The summed E-state index contributed by atoms with van der Waals surface area (Å²) in [5.41, 5.74) is 1.63. The predicted octanol–water partition coefficient (Wildman–Crippen LogP) is 3.38. The molecule has 1 aromatic carbocycles. The molecule has 0 spiro atoms. The zero-order valence-electron chi connectivity index (χ0n) is 9.81. The lowest BCUT2D eigenvalue weighted by Crippen LogP contribution is -1.95. The van der Waals surface area contributed by atoms with E-state index in [4.69, 9.17) is 4.74 Å². The average Bonchev–Trinajstić information content (AvgIpc) is 2.32. The first kappa shape index (κ1) is 11.3. The Kier molecular flexibility index (Phi) is 3.19. The lowest BCUT2D eigenvalue weighted by molar-refractivity contribution is 0.101. The van der Waals surface area contributed by atoms with Crippen LogP contribution in [0.3, 0.4) is 0 Å². The number of pyridine rings is 1. The van der Waals surface area contributed by atoms with Gasteiger partial charge in [-0.05, 0) is 31.5 Å². The molecule has 0 bridgehead atoms. The molecule has 2 aromatic rings. The van der Waals surface area contributed by atoms with Gasteiger partial charge in [0.2, 0.25) is 5.88 Å². The number of ether oxygens (including phenoxy) is 1. The summed E-state index contributed by atoms with van der Waals surface area (Å²) in [4.78, 5) is 15.3. The molecule has 2 rings (SSSR count). The molecule has 0 saturated carbocycles. The summed E-state index contributed by atoms with van der Waals surface area (Å²) in [6.07, 6.45) is 1.57. The molecule has 1 aromatic heterocycles. The van der Waals surface area contributed by atoms with Crippen LogP contribution in [-0.2, 0) is 0 Å². The summed E-state index contributed by atoms with van der Waals surface area (Å²) in [7, 11) is 0. The van der Waals surface area contributed by atoms with Gasteiger partial charge in [-0.2, -0.15) is 0 Å². The van der Waals surface area contributed by atoms with Gasteiger partial charge in [-0.15, -0.1) is 0 Å². The van der Waals surface area contributed by atoms with E-state index in [-0.39, 0.29) is 5.78 Å². The standard InChI is InChI=1S/C14H13NO2/c1-10-5-3-4-6-13(10)17-14-9-12(11(2)16)7-8-15-14/h3-9H,1-2H3. The third kappa shape index (κ3) is 2.69. The molecular weight excluding hydrogens is 214 g/mol. The minimum absolute atomic E-state index is 0.00188. The molecule has 17 heavy (non-hydrogen) atoms. The fourth-order valence-corrected chi connectivity index (χ4v) is 1.47. The van der Waals surface area contributed by atoms with Crippen molar-refractivity contribution in [2.45, 2.75) is 13.8 Å². The molecule has 1 heterocycles. The van der Waals surface area contributed by atoms with E-state index < -0.39 is 0 Å². The van der Waals surface area contributed by atoms with E-state index in [1.165, 1.54) is 6.92 Å². The van der Waals surface area contributed by atoms with Crippen molar-refractivity contribution < 1.29 is 9.53 Å². The van der Waals surface area contributed by atoms with Crippen LogP contribution in [0.4, 0.5) is 0 Å².